The van der Waals surface area contributed by atoms with E-state index < -0.39 is 5.41 Å². The van der Waals surface area contributed by atoms with Gasteiger partial charge in [-0.2, -0.15) is 5.10 Å². The molecule has 2 aromatic rings. The van der Waals surface area contributed by atoms with Crippen molar-refractivity contribution in [2.75, 3.05) is 25.8 Å². The molecule has 0 radical (unpaired) electrons. The smallest absolute Gasteiger partial charge is 0.161 e. The zero-order chi connectivity index (χ0) is 18.0. The Bertz CT molecular complexity index is 788. The van der Waals surface area contributed by atoms with Crippen LogP contribution in [0, 0.1) is 5.82 Å². The van der Waals surface area contributed by atoms with E-state index >= 15 is 0 Å². The molecule has 0 spiro atoms. The second kappa shape index (κ2) is 6.63. The molecule has 0 fully saturated rings. The van der Waals surface area contributed by atoms with Crippen LogP contribution >= 0.6 is 0 Å². The van der Waals surface area contributed by atoms with Gasteiger partial charge in [-0.3, -0.25) is 5.43 Å². The molecule has 1 aliphatic rings. The lowest BCUT2D eigenvalue weighted by Gasteiger charge is -2.32. The number of ether oxygens (including phenoxy) is 2. The zero-order valence-corrected chi connectivity index (χ0v) is 14.8. The lowest BCUT2D eigenvalue weighted by molar-refractivity contribution is 0.354. The number of halogens is 1. The number of methoxy groups -OCH3 is 2. The van der Waals surface area contributed by atoms with E-state index in [1.165, 1.54) is 12.1 Å². The number of amidine groups is 1. The van der Waals surface area contributed by atoms with Crippen LogP contribution in [-0.4, -0.2) is 26.7 Å². The quantitative estimate of drug-likeness (QED) is 0.903. The van der Waals surface area contributed by atoms with Crippen molar-refractivity contribution in [1.29, 1.82) is 0 Å². The molecule has 2 aromatic carbocycles. The highest BCUT2D eigenvalue weighted by molar-refractivity contribution is 6.05. The van der Waals surface area contributed by atoms with Crippen LogP contribution in [0.25, 0.3) is 0 Å². The summed E-state index contributed by atoms with van der Waals surface area (Å²) in [6, 6.07) is 12.3. The summed E-state index contributed by atoms with van der Waals surface area (Å²) in [4.78, 5) is 2.04. The Morgan fingerprint density at radius 2 is 1.72 bits per heavy atom. The number of nitrogens with zero attached hydrogens (tertiary/aromatic N) is 2. The summed E-state index contributed by atoms with van der Waals surface area (Å²) < 4.78 is 24.0. The van der Waals surface area contributed by atoms with E-state index in [0.29, 0.717) is 18.2 Å². The first kappa shape index (κ1) is 17.1. The van der Waals surface area contributed by atoms with Gasteiger partial charge in [0.15, 0.2) is 11.5 Å². The summed E-state index contributed by atoms with van der Waals surface area (Å²) in [5.41, 5.74) is 4.56. The van der Waals surface area contributed by atoms with Crippen molar-refractivity contribution < 1.29 is 13.9 Å². The number of hydrogen-bond acceptors (Lipinski definition) is 5. The van der Waals surface area contributed by atoms with Crippen LogP contribution in [0.5, 0.6) is 11.5 Å². The summed E-state index contributed by atoms with van der Waals surface area (Å²) in [5.74, 6) is 1.96. The van der Waals surface area contributed by atoms with Crippen molar-refractivity contribution >= 4 is 11.5 Å². The Morgan fingerprint density at radius 1 is 1.04 bits per heavy atom. The van der Waals surface area contributed by atoms with Crippen molar-refractivity contribution in [1.82, 2.24) is 5.43 Å². The highest BCUT2D eigenvalue weighted by Crippen LogP contribution is 2.36. The van der Waals surface area contributed by atoms with Crippen LogP contribution < -0.4 is 19.8 Å². The highest BCUT2D eigenvalue weighted by atomic mass is 19.1. The number of hydrazone groups is 1. The van der Waals surface area contributed by atoms with Crippen LogP contribution in [-0.2, 0) is 5.41 Å². The second-order valence-electron chi connectivity index (χ2n) is 6.35. The van der Waals surface area contributed by atoms with Crippen molar-refractivity contribution in [2.24, 2.45) is 5.10 Å². The molecule has 0 aliphatic carbocycles. The summed E-state index contributed by atoms with van der Waals surface area (Å²) in [5, 5.41) is 4.49. The minimum atomic E-state index is -0.391. The van der Waals surface area contributed by atoms with Crippen LogP contribution in [0.1, 0.15) is 19.4 Å². The Labute approximate surface area is 147 Å². The molecule has 3 rings (SSSR count). The molecule has 132 valence electrons. The van der Waals surface area contributed by atoms with Gasteiger partial charge in [0.2, 0.25) is 0 Å². The molecule has 5 nitrogen and oxygen atoms in total. The summed E-state index contributed by atoms with van der Waals surface area (Å²) in [7, 11) is 3.23. The lowest BCUT2D eigenvalue weighted by Crippen LogP contribution is -2.41. The predicted octanol–water partition coefficient (Wildman–Crippen LogP) is 3.50. The standard InChI is InChI=1S/C19H22FN3O2/c1-19(2,13-5-10-16(24-3)17(11-13)25-4)18-22-21-12-23(18)15-8-6-14(20)7-9-15/h5-11,21H,12H2,1-4H3. The maximum absolute atomic E-state index is 13.2. The molecule has 0 atom stereocenters. The molecular weight excluding hydrogens is 321 g/mol. The first-order chi connectivity index (χ1) is 12.0. The van der Waals surface area contributed by atoms with Gasteiger partial charge < -0.3 is 14.4 Å². The fraction of sp³-hybridized carbons (Fsp3) is 0.316. The lowest BCUT2D eigenvalue weighted by atomic mass is 9.82. The first-order valence-electron chi connectivity index (χ1n) is 8.04. The molecule has 6 heteroatoms. The summed E-state index contributed by atoms with van der Waals surface area (Å²) in [6.07, 6.45) is 0. The van der Waals surface area contributed by atoms with E-state index in [4.69, 9.17) is 9.47 Å². The SMILES string of the molecule is COc1ccc(C(C)(C)C2=NNCN2c2ccc(F)cc2)cc1OC. The van der Waals surface area contributed by atoms with Crippen LogP contribution in [0.3, 0.4) is 0 Å². The van der Waals surface area contributed by atoms with E-state index in [9.17, 15) is 4.39 Å². The molecular formula is C19H22FN3O2. The van der Waals surface area contributed by atoms with Crippen LogP contribution in [0.2, 0.25) is 0 Å². The molecule has 0 saturated carbocycles. The van der Waals surface area contributed by atoms with Crippen LogP contribution in [0.4, 0.5) is 10.1 Å². The van der Waals surface area contributed by atoms with E-state index in [2.05, 4.69) is 24.4 Å². The topological polar surface area (TPSA) is 46.1 Å². The molecule has 0 saturated heterocycles. The molecule has 0 amide bonds. The largest absolute Gasteiger partial charge is 0.493 e. The average molecular weight is 343 g/mol. The first-order valence-corrected chi connectivity index (χ1v) is 8.04. The van der Waals surface area contributed by atoms with Gasteiger partial charge in [-0.25, -0.2) is 4.39 Å². The third kappa shape index (κ3) is 3.12. The molecule has 0 aromatic heterocycles. The third-order valence-electron chi connectivity index (χ3n) is 4.47. The third-order valence-corrected chi connectivity index (χ3v) is 4.47. The van der Waals surface area contributed by atoms with Gasteiger partial charge in [-0.05, 0) is 55.8 Å². The van der Waals surface area contributed by atoms with Crippen molar-refractivity contribution in [3.63, 3.8) is 0 Å². The molecule has 1 N–H and O–H groups in total. The average Bonchev–Trinajstić information content (AvgIpc) is 3.12. The Morgan fingerprint density at radius 3 is 2.36 bits per heavy atom. The summed E-state index contributed by atoms with van der Waals surface area (Å²) in [6.45, 7) is 4.73. The minimum Gasteiger partial charge on any atom is -0.493 e. The van der Waals surface area contributed by atoms with Gasteiger partial charge in [-0.1, -0.05) is 6.07 Å². The van der Waals surface area contributed by atoms with Gasteiger partial charge in [-0.15, -0.1) is 0 Å². The molecule has 1 aliphatic heterocycles. The minimum absolute atomic E-state index is 0.256. The van der Waals surface area contributed by atoms with Gasteiger partial charge in [0.05, 0.1) is 14.2 Å². The molecule has 25 heavy (non-hydrogen) atoms. The normalized spacial score (nSPS) is 14.1. The van der Waals surface area contributed by atoms with Gasteiger partial charge in [0, 0.05) is 11.1 Å². The van der Waals surface area contributed by atoms with Crippen molar-refractivity contribution in [2.45, 2.75) is 19.3 Å². The fourth-order valence-electron chi connectivity index (χ4n) is 2.98. The van der Waals surface area contributed by atoms with Crippen molar-refractivity contribution in [3.05, 3.63) is 53.8 Å². The second-order valence-corrected chi connectivity index (χ2v) is 6.35. The number of benzene rings is 2. The zero-order valence-electron chi connectivity index (χ0n) is 14.8. The van der Waals surface area contributed by atoms with Crippen molar-refractivity contribution in [3.8, 4) is 11.5 Å². The fourth-order valence-corrected chi connectivity index (χ4v) is 2.98. The number of anilines is 1. The highest BCUT2D eigenvalue weighted by Gasteiger charge is 2.35. The van der Waals surface area contributed by atoms with Gasteiger partial charge in [0.1, 0.15) is 18.3 Å². The summed E-state index contributed by atoms with van der Waals surface area (Å²) >= 11 is 0. The van der Waals surface area contributed by atoms with Gasteiger partial charge in [0.25, 0.3) is 0 Å². The molecule has 0 unspecified atom stereocenters. The maximum Gasteiger partial charge on any atom is 0.161 e. The van der Waals surface area contributed by atoms with E-state index in [1.54, 1.807) is 26.4 Å². The predicted molar refractivity (Wildman–Crippen MR) is 96.9 cm³/mol. The van der Waals surface area contributed by atoms with E-state index in [0.717, 1.165) is 17.1 Å². The monoisotopic (exact) mass is 343 g/mol. The maximum atomic E-state index is 13.2. The Hall–Kier alpha value is -2.76. The Balaban J connectivity index is 1.97. The van der Waals surface area contributed by atoms with Crippen LogP contribution in [0.15, 0.2) is 47.6 Å². The van der Waals surface area contributed by atoms with E-state index in [-0.39, 0.29) is 5.82 Å². The van der Waals surface area contributed by atoms with Gasteiger partial charge >= 0.3 is 0 Å². The molecule has 0 bridgehead atoms. The van der Waals surface area contributed by atoms with E-state index in [1.807, 2.05) is 23.1 Å². The number of nitrogens with one attached hydrogen (secondary N) is 1. The molecule has 1 heterocycles. The number of rotatable bonds is 5. The number of hydrogen-bond donors (Lipinski definition) is 1. The Kier molecular flexibility index (Phi) is 4.53.